The molecule has 0 unspecified atom stereocenters. The van der Waals surface area contributed by atoms with Crippen molar-refractivity contribution in [2.75, 3.05) is 13.1 Å². The highest BCUT2D eigenvalue weighted by Crippen LogP contribution is 2.33. The number of carbonyl (C=O) groups is 2. The van der Waals surface area contributed by atoms with E-state index in [1.54, 1.807) is 16.2 Å². The Bertz CT molecular complexity index is 1190. The zero-order valence-corrected chi connectivity index (χ0v) is 20.1. The smallest absolute Gasteiger partial charge is 0.263 e. The van der Waals surface area contributed by atoms with Gasteiger partial charge in [0.25, 0.3) is 5.56 Å². The zero-order valence-electron chi connectivity index (χ0n) is 18.5. The van der Waals surface area contributed by atoms with Crippen molar-refractivity contribution in [2.24, 2.45) is 5.92 Å². The first-order chi connectivity index (χ1) is 16.1. The molecule has 174 valence electrons. The molecule has 4 heterocycles. The van der Waals surface area contributed by atoms with Crippen molar-refractivity contribution in [1.29, 1.82) is 0 Å². The molecule has 3 aromatic heterocycles. The molecule has 7 nitrogen and oxygen atoms in total. The van der Waals surface area contributed by atoms with Crippen LogP contribution in [0.4, 0.5) is 0 Å². The molecule has 1 atom stereocenters. The maximum atomic E-state index is 13.2. The Balaban J connectivity index is 1.28. The van der Waals surface area contributed by atoms with Crippen LogP contribution in [-0.4, -0.2) is 45.4 Å². The van der Waals surface area contributed by atoms with E-state index in [0.717, 1.165) is 36.1 Å². The van der Waals surface area contributed by atoms with Gasteiger partial charge in [-0.3, -0.25) is 19.0 Å². The van der Waals surface area contributed by atoms with Crippen LogP contribution >= 0.6 is 22.7 Å². The van der Waals surface area contributed by atoms with E-state index in [9.17, 15) is 14.4 Å². The number of piperidine rings is 1. The minimum absolute atomic E-state index is 0.0571. The molecule has 1 saturated heterocycles. The third kappa shape index (κ3) is 4.75. The van der Waals surface area contributed by atoms with Gasteiger partial charge in [0.2, 0.25) is 11.8 Å². The van der Waals surface area contributed by atoms with E-state index in [4.69, 9.17) is 0 Å². The third-order valence-corrected chi connectivity index (χ3v) is 8.54. The Hall–Kier alpha value is -2.52. The largest absolute Gasteiger partial charge is 0.353 e. The summed E-state index contributed by atoms with van der Waals surface area (Å²) in [5, 5.41) is 7.71. The second-order valence-electron chi connectivity index (χ2n) is 9.01. The van der Waals surface area contributed by atoms with Gasteiger partial charge in [-0.15, -0.1) is 22.7 Å². The Morgan fingerprint density at radius 1 is 1.12 bits per heavy atom. The van der Waals surface area contributed by atoms with Gasteiger partial charge in [0.1, 0.15) is 11.4 Å². The van der Waals surface area contributed by atoms with Gasteiger partial charge in [0.05, 0.1) is 17.6 Å². The van der Waals surface area contributed by atoms with Gasteiger partial charge >= 0.3 is 0 Å². The summed E-state index contributed by atoms with van der Waals surface area (Å²) in [4.78, 5) is 47.0. The van der Waals surface area contributed by atoms with Crippen LogP contribution in [0.2, 0.25) is 0 Å². The summed E-state index contributed by atoms with van der Waals surface area (Å²) in [5.41, 5.74) is 0.684. The quantitative estimate of drug-likeness (QED) is 0.596. The van der Waals surface area contributed by atoms with Gasteiger partial charge in [0.15, 0.2) is 0 Å². The van der Waals surface area contributed by atoms with Gasteiger partial charge in [-0.2, -0.15) is 0 Å². The molecule has 1 aliphatic carbocycles. The molecule has 1 aliphatic heterocycles. The number of thiophene rings is 2. The molecule has 5 rings (SSSR count). The lowest BCUT2D eigenvalue weighted by atomic mass is 9.93. The fraction of sp³-hybridized carbons (Fsp3) is 0.500. The minimum atomic E-state index is -0.193. The number of nitrogens with one attached hydrogen (secondary N) is 1. The van der Waals surface area contributed by atoms with Crippen LogP contribution < -0.4 is 10.9 Å². The van der Waals surface area contributed by atoms with E-state index < -0.39 is 0 Å². The van der Waals surface area contributed by atoms with Crippen LogP contribution in [0.3, 0.4) is 0 Å². The highest BCUT2D eigenvalue weighted by atomic mass is 32.1. The van der Waals surface area contributed by atoms with E-state index in [2.05, 4.69) is 10.3 Å². The number of aromatic nitrogens is 2. The number of likely N-dealkylation sites (tertiary alicyclic amines) is 1. The number of hydrogen-bond donors (Lipinski definition) is 1. The van der Waals surface area contributed by atoms with Crippen molar-refractivity contribution in [1.82, 2.24) is 19.8 Å². The Morgan fingerprint density at radius 3 is 2.76 bits per heavy atom. The SMILES string of the molecule is O=C(NC1CCCCC1)[C@@H]1CCCN(C(=O)Cn2cnc3scc(-c4cccs4)c3c2=O)C1. The monoisotopic (exact) mass is 484 g/mol. The predicted octanol–water partition coefficient (Wildman–Crippen LogP) is 3.87. The minimum Gasteiger partial charge on any atom is -0.353 e. The zero-order chi connectivity index (χ0) is 22.8. The van der Waals surface area contributed by atoms with Crippen LogP contribution in [0.5, 0.6) is 0 Å². The topological polar surface area (TPSA) is 84.3 Å². The molecule has 33 heavy (non-hydrogen) atoms. The van der Waals surface area contributed by atoms with Gasteiger partial charge in [-0.25, -0.2) is 4.98 Å². The van der Waals surface area contributed by atoms with E-state index in [1.165, 1.54) is 41.5 Å². The molecule has 1 saturated carbocycles. The number of fused-ring (bicyclic) bond motifs is 1. The molecule has 3 aromatic rings. The van der Waals surface area contributed by atoms with Gasteiger partial charge in [0, 0.05) is 35.0 Å². The number of nitrogens with zero attached hydrogens (tertiary/aromatic N) is 3. The first-order valence-electron chi connectivity index (χ1n) is 11.7. The summed E-state index contributed by atoms with van der Waals surface area (Å²) in [6.07, 6.45) is 8.76. The first kappa shape index (κ1) is 22.3. The number of rotatable bonds is 5. The van der Waals surface area contributed by atoms with Crippen molar-refractivity contribution < 1.29 is 9.59 Å². The second kappa shape index (κ2) is 9.77. The molecule has 0 bridgehead atoms. The highest BCUT2D eigenvalue weighted by Gasteiger charge is 2.30. The Kier molecular flexibility index (Phi) is 6.59. The van der Waals surface area contributed by atoms with Crippen molar-refractivity contribution in [3.05, 3.63) is 39.6 Å². The third-order valence-electron chi connectivity index (χ3n) is 6.75. The van der Waals surface area contributed by atoms with Crippen molar-refractivity contribution in [3.8, 4) is 10.4 Å². The maximum absolute atomic E-state index is 13.2. The normalized spacial score (nSPS) is 19.6. The summed E-state index contributed by atoms with van der Waals surface area (Å²) >= 11 is 3.02. The number of carbonyl (C=O) groups excluding carboxylic acids is 2. The molecular formula is C24H28N4O3S2. The molecule has 2 aliphatic rings. The molecular weight excluding hydrogens is 456 g/mol. The molecule has 2 fully saturated rings. The average molecular weight is 485 g/mol. The van der Waals surface area contributed by atoms with Gasteiger partial charge in [-0.05, 0) is 37.1 Å². The van der Waals surface area contributed by atoms with Crippen molar-refractivity contribution in [2.45, 2.75) is 57.5 Å². The maximum Gasteiger partial charge on any atom is 0.263 e. The summed E-state index contributed by atoms with van der Waals surface area (Å²) in [6, 6.07) is 4.22. The second-order valence-corrected chi connectivity index (χ2v) is 10.8. The summed E-state index contributed by atoms with van der Waals surface area (Å²) in [7, 11) is 0. The highest BCUT2D eigenvalue weighted by molar-refractivity contribution is 7.18. The summed E-state index contributed by atoms with van der Waals surface area (Å²) in [6.45, 7) is 0.981. The van der Waals surface area contributed by atoms with E-state index in [0.29, 0.717) is 23.3 Å². The molecule has 0 aromatic carbocycles. The lowest BCUT2D eigenvalue weighted by molar-refractivity contribution is -0.136. The van der Waals surface area contributed by atoms with Crippen LogP contribution in [0, 0.1) is 5.92 Å². The molecule has 0 radical (unpaired) electrons. The van der Waals surface area contributed by atoms with Crippen molar-refractivity contribution >= 4 is 44.7 Å². The van der Waals surface area contributed by atoms with Crippen LogP contribution in [0.25, 0.3) is 20.7 Å². The fourth-order valence-corrected chi connectivity index (χ4v) is 6.64. The fourth-order valence-electron chi connectivity index (χ4n) is 4.92. The van der Waals surface area contributed by atoms with Crippen LogP contribution in [0.15, 0.2) is 34.0 Å². The lowest BCUT2D eigenvalue weighted by Gasteiger charge is -2.33. The average Bonchev–Trinajstić information content (AvgIpc) is 3.52. The van der Waals surface area contributed by atoms with Crippen LogP contribution in [0.1, 0.15) is 44.9 Å². The first-order valence-corrected chi connectivity index (χ1v) is 13.4. The van der Waals surface area contributed by atoms with Crippen LogP contribution in [-0.2, 0) is 16.1 Å². The summed E-state index contributed by atoms with van der Waals surface area (Å²) < 4.78 is 1.40. The molecule has 2 amide bonds. The molecule has 0 spiro atoms. The number of amides is 2. The van der Waals surface area contributed by atoms with Gasteiger partial charge < -0.3 is 10.2 Å². The van der Waals surface area contributed by atoms with E-state index >= 15 is 0 Å². The van der Waals surface area contributed by atoms with Gasteiger partial charge in [-0.1, -0.05) is 25.3 Å². The predicted molar refractivity (Wildman–Crippen MR) is 132 cm³/mol. The summed E-state index contributed by atoms with van der Waals surface area (Å²) in [5.74, 6) is -0.246. The standard InChI is InChI=1S/C24H28N4O3S2/c29-20(27-10-4-6-16(12-27)22(30)26-17-7-2-1-3-8-17)13-28-15-25-23-21(24(28)31)18(14-33-23)19-9-5-11-32-19/h5,9,11,14-17H,1-4,6-8,10,12-13H2,(H,26,30)/t16-/m1/s1. The van der Waals surface area contributed by atoms with Crippen molar-refractivity contribution in [3.63, 3.8) is 0 Å². The van der Waals surface area contributed by atoms with E-state index in [-0.39, 0.29) is 35.9 Å². The van der Waals surface area contributed by atoms with E-state index in [1.807, 2.05) is 22.9 Å². The molecule has 9 heteroatoms. The lowest BCUT2D eigenvalue weighted by Crippen LogP contribution is -2.48. The Labute approximate surface area is 200 Å². The Morgan fingerprint density at radius 2 is 1.97 bits per heavy atom. The molecule has 1 N–H and O–H groups in total. The number of hydrogen-bond acceptors (Lipinski definition) is 6.